The van der Waals surface area contributed by atoms with Crippen LogP contribution in [-0.2, 0) is 7.05 Å². The van der Waals surface area contributed by atoms with Crippen LogP contribution in [0.25, 0.3) is 0 Å². The largest absolute Gasteiger partial charge is 0.322 e. The zero-order valence-electron chi connectivity index (χ0n) is 7.53. The molecule has 0 bridgehead atoms. The predicted octanol–water partition coefficient (Wildman–Crippen LogP) is 1.17. The van der Waals surface area contributed by atoms with Crippen molar-refractivity contribution in [2.45, 2.75) is 13.0 Å². The minimum atomic E-state index is 0.0798. The summed E-state index contributed by atoms with van der Waals surface area (Å²) >= 11 is 1.85. The minimum absolute atomic E-state index is 0.0798. The second kappa shape index (κ2) is 4.52. The molecule has 0 aliphatic heterocycles. The zero-order valence-corrected chi connectivity index (χ0v) is 8.34. The van der Waals surface area contributed by atoms with Gasteiger partial charge in [0.1, 0.15) is 0 Å². The Morgan fingerprint density at radius 3 is 3.00 bits per heavy atom. The van der Waals surface area contributed by atoms with E-state index in [-0.39, 0.29) is 6.04 Å². The molecule has 0 fully saturated rings. The van der Waals surface area contributed by atoms with Crippen molar-refractivity contribution in [3.05, 3.63) is 18.0 Å². The Bertz CT molecular complexity index is 234. The van der Waals surface area contributed by atoms with Gasteiger partial charge in [-0.1, -0.05) is 6.92 Å². The maximum Gasteiger partial charge on any atom is 0.0800 e. The molecule has 0 radical (unpaired) electrons. The Hall–Kier alpha value is -0.480. The molecule has 4 heteroatoms. The fourth-order valence-corrected chi connectivity index (χ4v) is 1.62. The molecule has 0 aromatic carbocycles. The van der Waals surface area contributed by atoms with E-state index in [9.17, 15) is 0 Å². The topological polar surface area (TPSA) is 43.8 Å². The van der Waals surface area contributed by atoms with E-state index in [0.717, 1.165) is 17.2 Å². The van der Waals surface area contributed by atoms with Gasteiger partial charge in [0.2, 0.25) is 0 Å². The third kappa shape index (κ3) is 2.53. The van der Waals surface area contributed by atoms with E-state index in [1.807, 2.05) is 31.1 Å². The highest BCUT2D eigenvalue weighted by molar-refractivity contribution is 7.99. The fourth-order valence-electron chi connectivity index (χ4n) is 0.961. The third-order valence-electron chi connectivity index (χ3n) is 1.62. The van der Waals surface area contributed by atoms with E-state index < -0.39 is 0 Å². The normalized spacial score (nSPS) is 13.2. The first kappa shape index (κ1) is 9.61. The molecule has 68 valence electrons. The number of aryl methyl sites for hydroxylation is 1. The second-order valence-corrected chi connectivity index (χ2v) is 4.00. The van der Waals surface area contributed by atoms with Gasteiger partial charge < -0.3 is 5.73 Å². The molecule has 1 rings (SSSR count). The molecular weight excluding hydrogens is 170 g/mol. The number of thioether (sulfide) groups is 1. The molecule has 1 heterocycles. The van der Waals surface area contributed by atoms with Crippen LogP contribution >= 0.6 is 11.8 Å². The molecular formula is C8H15N3S. The molecule has 0 amide bonds. The van der Waals surface area contributed by atoms with Crippen LogP contribution in [-0.4, -0.2) is 21.3 Å². The van der Waals surface area contributed by atoms with Gasteiger partial charge in [-0.3, -0.25) is 4.68 Å². The summed E-state index contributed by atoms with van der Waals surface area (Å²) in [5, 5.41) is 4.24. The lowest BCUT2D eigenvalue weighted by atomic mass is 10.3. The highest BCUT2D eigenvalue weighted by Crippen LogP contribution is 2.12. The van der Waals surface area contributed by atoms with Crippen LogP contribution in [0.5, 0.6) is 0 Å². The van der Waals surface area contributed by atoms with Gasteiger partial charge in [-0.05, 0) is 11.8 Å². The van der Waals surface area contributed by atoms with Gasteiger partial charge in [0.05, 0.1) is 11.7 Å². The van der Waals surface area contributed by atoms with Gasteiger partial charge >= 0.3 is 0 Å². The van der Waals surface area contributed by atoms with Crippen LogP contribution in [0.15, 0.2) is 12.3 Å². The molecule has 0 saturated heterocycles. The number of aromatic nitrogens is 2. The molecule has 1 aromatic heterocycles. The van der Waals surface area contributed by atoms with E-state index >= 15 is 0 Å². The SMILES string of the molecule is CCSCC(N)c1ccn(C)n1. The van der Waals surface area contributed by atoms with Crippen molar-refractivity contribution in [3.63, 3.8) is 0 Å². The second-order valence-electron chi connectivity index (χ2n) is 2.68. The smallest absolute Gasteiger partial charge is 0.0800 e. The summed E-state index contributed by atoms with van der Waals surface area (Å²) in [6.45, 7) is 2.13. The van der Waals surface area contributed by atoms with Crippen LogP contribution in [0.2, 0.25) is 0 Å². The maximum atomic E-state index is 5.90. The Labute approximate surface area is 77.3 Å². The number of hydrogen-bond donors (Lipinski definition) is 1. The fraction of sp³-hybridized carbons (Fsp3) is 0.625. The van der Waals surface area contributed by atoms with E-state index in [1.54, 1.807) is 4.68 Å². The van der Waals surface area contributed by atoms with Crippen molar-refractivity contribution >= 4 is 11.8 Å². The lowest BCUT2D eigenvalue weighted by Gasteiger charge is -2.06. The molecule has 0 aliphatic carbocycles. The first-order chi connectivity index (χ1) is 5.74. The van der Waals surface area contributed by atoms with Crippen LogP contribution in [0.3, 0.4) is 0 Å². The first-order valence-electron chi connectivity index (χ1n) is 4.07. The predicted molar refractivity (Wildman–Crippen MR) is 53.1 cm³/mol. The molecule has 1 unspecified atom stereocenters. The van der Waals surface area contributed by atoms with Gasteiger partial charge in [0, 0.05) is 19.0 Å². The Balaban J connectivity index is 2.47. The Morgan fingerprint density at radius 1 is 1.75 bits per heavy atom. The summed E-state index contributed by atoms with van der Waals surface area (Å²) in [6.07, 6.45) is 1.92. The number of nitrogens with zero attached hydrogens (tertiary/aromatic N) is 2. The van der Waals surface area contributed by atoms with Crippen LogP contribution in [0.1, 0.15) is 18.7 Å². The van der Waals surface area contributed by atoms with Gasteiger partial charge in [0.15, 0.2) is 0 Å². The average Bonchev–Trinajstić information content (AvgIpc) is 2.47. The molecule has 1 atom stereocenters. The van der Waals surface area contributed by atoms with Gasteiger partial charge in [-0.25, -0.2) is 0 Å². The number of hydrogen-bond acceptors (Lipinski definition) is 3. The molecule has 3 nitrogen and oxygen atoms in total. The van der Waals surface area contributed by atoms with E-state index in [2.05, 4.69) is 12.0 Å². The summed E-state index contributed by atoms with van der Waals surface area (Å²) in [5.74, 6) is 2.06. The lowest BCUT2D eigenvalue weighted by molar-refractivity contribution is 0.704. The molecule has 2 N–H and O–H groups in total. The van der Waals surface area contributed by atoms with Gasteiger partial charge in [-0.15, -0.1) is 0 Å². The van der Waals surface area contributed by atoms with Crippen molar-refractivity contribution in [3.8, 4) is 0 Å². The van der Waals surface area contributed by atoms with E-state index in [4.69, 9.17) is 5.73 Å². The summed E-state index contributed by atoms with van der Waals surface area (Å²) in [5.41, 5.74) is 6.88. The van der Waals surface area contributed by atoms with Gasteiger partial charge in [0.25, 0.3) is 0 Å². The highest BCUT2D eigenvalue weighted by atomic mass is 32.2. The summed E-state index contributed by atoms with van der Waals surface area (Å²) in [6, 6.07) is 2.05. The Kier molecular flexibility index (Phi) is 3.62. The molecule has 0 saturated carbocycles. The minimum Gasteiger partial charge on any atom is -0.322 e. The zero-order chi connectivity index (χ0) is 8.97. The highest BCUT2D eigenvalue weighted by Gasteiger charge is 2.07. The quantitative estimate of drug-likeness (QED) is 0.766. The Morgan fingerprint density at radius 2 is 2.50 bits per heavy atom. The summed E-state index contributed by atoms with van der Waals surface area (Å²) < 4.78 is 1.78. The standard InChI is InChI=1S/C8H15N3S/c1-3-12-6-7(9)8-4-5-11(2)10-8/h4-5,7H,3,6,9H2,1-2H3. The number of rotatable bonds is 4. The summed E-state index contributed by atoms with van der Waals surface area (Å²) in [4.78, 5) is 0. The monoisotopic (exact) mass is 185 g/mol. The molecule has 12 heavy (non-hydrogen) atoms. The molecule has 0 aliphatic rings. The van der Waals surface area contributed by atoms with E-state index in [0.29, 0.717) is 0 Å². The van der Waals surface area contributed by atoms with Crippen LogP contribution < -0.4 is 5.73 Å². The molecule has 1 aromatic rings. The van der Waals surface area contributed by atoms with Crippen molar-refractivity contribution in [1.29, 1.82) is 0 Å². The van der Waals surface area contributed by atoms with E-state index in [1.165, 1.54) is 0 Å². The van der Waals surface area contributed by atoms with Crippen molar-refractivity contribution in [2.24, 2.45) is 12.8 Å². The lowest BCUT2D eigenvalue weighted by Crippen LogP contribution is -2.14. The molecule has 0 spiro atoms. The van der Waals surface area contributed by atoms with Crippen LogP contribution in [0, 0.1) is 0 Å². The van der Waals surface area contributed by atoms with Crippen molar-refractivity contribution in [2.75, 3.05) is 11.5 Å². The van der Waals surface area contributed by atoms with Crippen molar-refractivity contribution < 1.29 is 0 Å². The van der Waals surface area contributed by atoms with Crippen molar-refractivity contribution in [1.82, 2.24) is 9.78 Å². The van der Waals surface area contributed by atoms with Crippen LogP contribution in [0.4, 0.5) is 0 Å². The third-order valence-corrected chi connectivity index (χ3v) is 2.62. The summed E-state index contributed by atoms with van der Waals surface area (Å²) in [7, 11) is 1.91. The maximum absolute atomic E-state index is 5.90. The van der Waals surface area contributed by atoms with Gasteiger partial charge in [-0.2, -0.15) is 16.9 Å². The number of nitrogens with two attached hydrogens (primary N) is 1. The first-order valence-corrected chi connectivity index (χ1v) is 5.22. The average molecular weight is 185 g/mol.